The molecular formula is C21H17ClF3N3O3S. The molecule has 0 aliphatic rings. The van der Waals surface area contributed by atoms with Crippen LogP contribution in [0.15, 0.2) is 66.9 Å². The number of nitrogens with zero attached hydrogens (tertiary/aromatic N) is 2. The minimum atomic E-state index is -4.68. The summed E-state index contributed by atoms with van der Waals surface area (Å²) >= 11 is 6.04. The smallest absolute Gasteiger partial charge is 0.366 e. The molecule has 0 aliphatic carbocycles. The van der Waals surface area contributed by atoms with Crippen LogP contribution < -0.4 is 10.0 Å². The van der Waals surface area contributed by atoms with Gasteiger partial charge in [0.05, 0.1) is 22.9 Å². The maximum absolute atomic E-state index is 13.3. The average Bonchev–Trinajstić information content (AvgIpc) is 2.72. The molecule has 2 aromatic carbocycles. The number of aromatic nitrogens is 1. The Bertz CT molecular complexity index is 1220. The van der Waals surface area contributed by atoms with Crippen LogP contribution in [0.1, 0.15) is 27.0 Å². The largest absolute Gasteiger partial charge is 0.417 e. The Morgan fingerprint density at radius 2 is 1.66 bits per heavy atom. The molecule has 0 bridgehead atoms. The number of hydrogen-bond donors (Lipinski definition) is 1. The summed E-state index contributed by atoms with van der Waals surface area (Å²) in [6.45, 7) is -0.194. The highest BCUT2D eigenvalue weighted by Gasteiger charge is 2.33. The summed E-state index contributed by atoms with van der Waals surface area (Å²) in [7, 11) is -4.14. The van der Waals surface area contributed by atoms with Crippen molar-refractivity contribution in [3.8, 4) is 0 Å². The number of halogens is 4. The first-order chi connectivity index (χ1) is 15.0. The molecule has 1 heterocycles. The van der Waals surface area contributed by atoms with Gasteiger partial charge in [-0.1, -0.05) is 54.1 Å². The van der Waals surface area contributed by atoms with Crippen molar-refractivity contribution < 1.29 is 26.4 Å². The number of nitrogens with two attached hydrogens (primary N) is 1. The molecule has 3 rings (SSSR count). The Kier molecular flexibility index (Phi) is 6.75. The summed E-state index contributed by atoms with van der Waals surface area (Å²) in [5, 5.41) is -0.455. The Balaban J connectivity index is 2.01. The fourth-order valence-electron chi connectivity index (χ4n) is 2.88. The van der Waals surface area contributed by atoms with Crippen LogP contribution in [0.5, 0.6) is 0 Å². The molecule has 1 amide bonds. The van der Waals surface area contributed by atoms with E-state index < -0.39 is 38.4 Å². The van der Waals surface area contributed by atoms with Crippen LogP contribution in [0, 0.1) is 0 Å². The molecule has 3 aromatic rings. The molecule has 0 saturated carbocycles. The van der Waals surface area contributed by atoms with Crippen LogP contribution in [0.4, 0.5) is 19.0 Å². The highest BCUT2D eigenvalue weighted by Crippen LogP contribution is 2.35. The zero-order valence-corrected chi connectivity index (χ0v) is 18.0. The zero-order valence-electron chi connectivity index (χ0n) is 16.4. The third-order valence-corrected chi connectivity index (χ3v) is 6.43. The summed E-state index contributed by atoms with van der Waals surface area (Å²) in [5.74, 6) is -1.49. The number of amides is 1. The lowest BCUT2D eigenvalue weighted by Crippen LogP contribution is -2.32. The van der Waals surface area contributed by atoms with Crippen molar-refractivity contribution in [2.24, 2.45) is 5.73 Å². The van der Waals surface area contributed by atoms with E-state index in [1.54, 1.807) is 30.3 Å². The van der Waals surface area contributed by atoms with E-state index in [1.165, 1.54) is 24.3 Å². The lowest BCUT2D eigenvalue weighted by molar-refractivity contribution is -0.137. The highest BCUT2D eigenvalue weighted by atomic mass is 35.5. The number of benzene rings is 2. The maximum Gasteiger partial charge on any atom is 0.417 e. The van der Waals surface area contributed by atoms with Gasteiger partial charge < -0.3 is 5.73 Å². The molecule has 1 aromatic heterocycles. The van der Waals surface area contributed by atoms with E-state index in [2.05, 4.69) is 4.98 Å². The van der Waals surface area contributed by atoms with Crippen molar-refractivity contribution in [1.82, 2.24) is 4.98 Å². The Hall–Kier alpha value is -3.11. The summed E-state index contributed by atoms with van der Waals surface area (Å²) < 4.78 is 66.4. The first-order valence-electron chi connectivity index (χ1n) is 9.13. The molecule has 0 spiro atoms. The molecular weight excluding hydrogens is 467 g/mol. The van der Waals surface area contributed by atoms with Gasteiger partial charge in [0.2, 0.25) is 15.9 Å². The van der Waals surface area contributed by atoms with Crippen molar-refractivity contribution in [1.29, 1.82) is 0 Å². The predicted molar refractivity (Wildman–Crippen MR) is 114 cm³/mol. The van der Waals surface area contributed by atoms with E-state index in [0.29, 0.717) is 23.4 Å². The summed E-state index contributed by atoms with van der Waals surface area (Å²) in [6, 6.07) is 14.8. The summed E-state index contributed by atoms with van der Waals surface area (Å²) in [6.07, 6.45) is -4.14. The van der Waals surface area contributed by atoms with Gasteiger partial charge in [-0.3, -0.25) is 4.79 Å². The maximum atomic E-state index is 13.3. The van der Waals surface area contributed by atoms with Crippen molar-refractivity contribution in [2.75, 3.05) is 4.31 Å². The topological polar surface area (TPSA) is 93.4 Å². The normalized spacial score (nSPS) is 11.9. The van der Waals surface area contributed by atoms with Gasteiger partial charge in [0.1, 0.15) is 0 Å². The lowest BCUT2D eigenvalue weighted by atomic mass is 10.1. The number of carbonyl (C=O) groups excluding carboxylic acids is 1. The summed E-state index contributed by atoms with van der Waals surface area (Å²) in [5.41, 5.74) is 5.23. The fourth-order valence-corrected chi connectivity index (χ4v) is 4.72. The van der Waals surface area contributed by atoms with Crippen molar-refractivity contribution in [3.63, 3.8) is 0 Å². The Labute approximate surface area is 187 Å². The molecule has 0 atom stereocenters. The molecule has 6 nitrogen and oxygen atoms in total. The van der Waals surface area contributed by atoms with Gasteiger partial charge in [-0.2, -0.15) is 13.2 Å². The molecule has 11 heteroatoms. The second-order valence-corrected chi connectivity index (χ2v) is 9.14. The zero-order chi connectivity index (χ0) is 23.5. The third-order valence-electron chi connectivity index (χ3n) is 4.48. The number of anilines is 1. The highest BCUT2D eigenvalue weighted by molar-refractivity contribution is 7.92. The van der Waals surface area contributed by atoms with Crippen molar-refractivity contribution in [2.45, 2.75) is 18.5 Å². The molecule has 2 N–H and O–H groups in total. The van der Waals surface area contributed by atoms with E-state index in [9.17, 15) is 26.4 Å². The molecule has 0 unspecified atom stereocenters. The average molecular weight is 484 g/mol. The molecule has 0 aliphatic heterocycles. The van der Waals surface area contributed by atoms with Crippen LogP contribution in [-0.2, 0) is 28.5 Å². The van der Waals surface area contributed by atoms with E-state index in [4.69, 9.17) is 17.3 Å². The standard InChI is InChI=1S/C21H17ClF3N3O3S/c22-18-10-17(21(23,24)25)11-27-20(18)28(12-14-4-2-1-3-5-14)32(30,31)13-15-6-8-16(9-7-15)19(26)29/h1-11H,12-13H2,(H2,26,29). The van der Waals surface area contributed by atoms with Gasteiger partial charge >= 0.3 is 6.18 Å². The van der Waals surface area contributed by atoms with Gasteiger partial charge in [0, 0.05) is 11.8 Å². The monoisotopic (exact) mass is 483 g/mol. The molecule has 168 valence electrons. The van der Waals surface area contributed by atoms with Gasteiger partial charge in [-0.15, -0.1) is 0 Å². The first kappa shape index (κ1) is 23.6. The van der Waals surface area contributed by atoms with Gasteiger partial charge in [0.25, 0.3) is 0 Å². The molecule has 32 heavy (non-hydrogen) atoms. The quantitative estimate of drug-likeness (QED) is 0.539. The van der Waals surface area contributed by atoms with E-state index in [1.807, 2.05) is 0 Å². The Morgan fingerprint density at radius 1 is 1.03 bits per heavy atom. The number of sulfonamides is 1. The molecule has 0 radical (unpaired) electrons. The van der Waals surface area contributed by atoms with Crippen molar-refractivity contribution in [3.05, 3.63) is 94.1 Å². The number of rotatable bonds is 7. The third kappa shape index (κ3) is 5.57. The molecule has 0 fully saturated rings. The van der Waals surface area contributed by atoms with Gasteiger partial charge in [-0.25, -0.2) is 17.7 Å². The van der Waals surface area contributed by atoms with Crippen LogP contribution in [0.3, 0.4) is 0 Å². The van der Waals surface area contributed by atoms with Gasteiger partial charge in [-0.05, 0) is 29.3 Å². The van der Waals surface area contributed by atoms with Gasteiger partial charge in [0.15, 0.2) is 5.82 Å². The SMILES string of the molecule is NC(=O)c1ccc(CS(=O)(=O)N(Cc2ccccc2)c2ncc(C(F)(F)F)cc2Cl)cc1. The van der Waals surface area contributed by atoms with E-state index in [0.717, 1.165) is 4.31 Å². The van der Waals surface area contributed by atoms with Crippen LogP contribution in [0.2, 0.25) is 5.02 Å². The first-order valence-corrected chi connectivity index (χ1v) is 11.1. The Morgan fingerprint density at radius 3 is 2.19 bits per heavy atom. The fraction of sp³-hybridized carbons (Fsp3) is 0.143. The lowest BCUT2D eigenvalue weighted by Gasteiger charge is -2.25. The van der Waals surface area contributed by atoms with Crippen molar-refractivity contribution >= 4 is 33.3 Å². The minimum Gasteiger partial charge on any atom is -0.366 e. The number of carbonyl (C=O) groups is 1. The van der Waals surface area contributed by atoms with Crippen LogP contribution in [-0.4, -0.2) is 19.3 Å². The van der Waals surface area contributed by atoms with Crippen LogP contribution in [0.25, 0.3) is 0 Å². The number of hydrogen-bond acceptors (Lipinski definition) is 4. The second-order valence-electron chi connectivity index (χ2n) is 6.84. The number of alkyl halides is 3. The number of pyridine rings is 1. The van der Waals surface area contributed by atoms with E-state index in [-0.39, 0.29) is 17.9 Å². The minimum absolute atomic E-state index is 0.194. The molecule has 0 saturated heterocycles. The second kappa shape index (κ2) is 9.17. The van der Waals surface area contributed by atoms with E-state index >= 15 is 0 Å². The van der Waals surface area contributed by atoms with Crippen LogP contribution >= 0.6 is 11.6 Å². The summed E-state index contributed by atoms with van der Waals surface area (Å²) in [4.78, 5) is 14.9. The predicted octanol–water partition coefficient (Wildman–Crippen LogP) is 4.39. The number of primary amides is 1.